The van der Waals surface area contributed by atoms with Gasteiger partial charge in [0.25, 0.3) is 0 Å². The molecule has 0 aromatic rings. The van der Waals surface area contributed by atoms with Crippen molar-refractivity contribution in [2.45, 2.75) is 0 Å². The maximum atomic E-state index is 0. The molecule has 0 fully saturated rings. The third-order valence-electron chi connectivity index (χ3n) is 0. The first-order chi connectivity index (χ1) is 0. The van der Waals surface area contributed by atoms with Gasteiger partial charge in [0.15, 0.2) is 0 Å². The fourth-order valence-corrected chi connectivity index (χ4v) is 0. The minimum absolute atomic E-state index is 0. The van der Waals surface area contributed by atoms with E-state index in [1.165, 1.54) is 0 Å². The van der Waals surface area contributed by atoms with Crippen molar-refractivity contribution >= 4 is 12.4 Å². The SMILES string of the molecule is Cl.O.O.O.O.O.O.[Ce]. The van der Waals surface area contributed by atoms with Crippen molar-refractivity contribution in [2.24, 2.45) is 0 Å². The van der Waals surface area contributed by atoms with Gasteiger partial charge in [-0.2, -0.15) is 0 Å². The van der Waals surface area contributed by atoms with Crippen molar-refractivity contribution < 1.29 is 74.6 Å². The van der Waals surface area contributed by atoms with Crippen LogP contribution in [-0.2, 0) is 0 Å². The standard InChI is InChI=1S/Ce.ClH.6H2O/h;1H;6*1H2. The molecule has 0 heterocycles. The van der Waals surface area contributed by atoms with Crippen LogP contribution in [-0.4, -0.2) is 32.9 Å². The number of hydrogen-bond donors (Lipinski definition) is 0. The molecule has 0 radical (unpaired) electrons. The summed E-state index contributed by atoms with van der Waals surface area (Å²) in [5.74, 6) is 0. The van der Waals surface area contributed by atoms with Gasteiger partial charge in [-0.25, -0.2) is 0 Å². The molecule has 0 aliphatic rings. The second kappa shape index (κ2) is 228. The van der Waals surface area contributed by atoms with Crippen molar-refractivity contribution in [3.63, 3.8) is 0 Å². The van der Waals surface area contributed by atoms with Gasteiger partial charge in [0.1, 0.15) is 0 Å². The summed E-state index contributed by atoms with van der Waals surface area (Å²) >= 11 is 0. The van der Waals surface area contributed by atoms with Crippen LogP contribution in [0.5, 0.6) is 0 Å². The second-order valence-corrected chi connectivity index (χ2v) is 0. The van der Waals surface area contributed by atoms with E-state index in [0.717, 1.165) is 0 Å². The van der Waals surface area contributed by atoms with Gasteiger partial charge in [-0.1, -0.05) is 0 Å². The van der Waals surface area contributed by atoms with E-state index in [-0.39, 0.29) is 87.0 Å². The first kappa shape index (κ1) is 329. The molecule has 8 heavy (non-hydrogen) atoms. The molecule has 12 N–H and O–H groups in total. The average Bonchev–Trinajstić information content (AvgIpc) is 0. The quantitative estimate of drug-likeness (QED) is 0.414. The normalized spacial score (nSPS) is 0. The van der Waals surface area contributed by atoms with Gasteiger partial charge in [0, 0.05) is 41.7 Å². The van der Waals surface area contributed by atoms with E-state index >= 15 is 0 Å². The monoisotopic (exact) mass is 284 g/mol. The van der Waals surface area contributed by atoms with Crippen LogP contribution < -0.4 is 0 Å². The van der Waals surface area contributed by atoms with Crippen LogP contribution in [0.2, 0.25) is 0 Å². The van der Waals surface area contributed by atoms with Gasteiger partial charge < -0.3 is 32.9 Å². The van der Waals surface area contributed by atoms with Crippen LogP contribution >= 0.6 is 12.4 Å². The van der Waals surface area contributed by atoms with E-state index in [9.17, 15) is 0 Å². The van der Waals surface area contributed by atoms with Crippen molar-refractivity contribution in [1.82, 2.24) is 0 Å². The third kappa shape index (κ3) is 151. The molecule has 0 bridgehead atoms. The predicted molar refractivity (Wildman–Crippen MR) is 28.9 cm³/mol. The van der Waals surface area contributed by atoms with Crippen molar-refractivity contribution in [1.29, 1.82) is 0 Å². The molecule has 0 aromatic heterocycles. The largest absolute Gasteiger partial charge is 0.412 e. The Labute approximate surface area is 86.3 Å². The molecule has 0 spiro atoms. The Morgan fingerprint density at radius 2 is 0.375 bits per heavy atom. The molecule has 0 aliphatic carbocycles. The Bertz CT molecular complexity index is 8.49. The number of rotatable bonds is 0. The smallest absolute Gasteiger partial charge is 0 e. The Morgan fingerprint density at radius 3 is 0.375 bits per heavy atom. The van der Waals surface area contributed by atoms with Crippen LogP contribution in [0.15, 0.2) is 0 Å². The van der Waals surface area contributed by atoms with Crippen molar-refractivity contribution in [2.75, 3.05) is 0 Å². The van der Waals surface area contributed by atoms with Gasteiger partial charge in [0.2, 0.25) is 0 Å². The summed E-state index contributed by atoms with van der Waals surface area (Å²) < 4.78 is 0. The summed E-state index contributed by atoms with van der Waals surface area (Å²) in [4.78, 5) is 0. The summed E-state index contributed by atoms with van der Waals surface area (Å²) in [6.45, 7) is 0. The molecule has 0 aliphatic heterocycles. The topological polar surface area (TPSA) is 189 Å². The first-order valence-corrected chi connectivity index (χ1v) is 0. The molecule has 0 unspecified atom stereocenters. The molecular formula is H13CeClO6. The zero-order valence-corrected chi connectivity index (χ0v) is 7.86. The predicted octanol–water partition coefficient (Wildman–Crippen LogP) is -4.53. The molecule has 0 amide bonds. The summed E-state index contributed by atoms with van der Waals surface area (Å²) in [7, 11) is 0. The van der Waals surface area contributed by atoms with Gasteiger partial charge in [0.05, 0.1) is 0 Å². The van der Waals surface area contributed by atoms with E-state index < -0.39 is 0 Å². The molecule has 8 heteroatoms. The Kier molecular flexibility index (Phi) is 9390. The fourth-order valence-electron chi connectivity index (χ4n) is 0. The van der Waals surface area contributed by atoms with Gasteiger partial charge >= 0.3 is 0 Å². The van der Waals surface area contributed by atoms with Crippen LogP contribution in [0.1, 0.15) is 0 Å². The van der Waals surface area contributed by atoms with E-state index in [4.69, 9.17) is 0 Å². The summed E-state index contributed by atoms with van der Waals surface area (Å²) in [6, 6.07) is 0. The maximum Gasteiger partial charge on any atom is 0 e. The van der Waals surface area contributed by atoms with E-state index in [1.807, 2.05) is 0 Å². The third-order valence-corrected chi connectivity index (χ3v) is 0. The number of halogens is 1. The summed E-state index contributed by atoms with van der Waals surface area (Å²) in [5, 5.41) is 0. The van der Waals surface area contributed by atoms with Gasteiger partial charge in [-0.3, -0.25) is 0 Å². The van der Waals surface area contributed by atoms with Gasteiger partial charge in [-0.05, 0) is 0 Å². The Balaban J connectivity index is 0. The molecule has 0 saturated heterocycles. The van der Waals surface area contributed by atoms with Crippen LogP contribution in [0.25, 0.3) is 0 Å². The van der Waals surface area contributed by atoms with Crippen LogP contribution in [0, 0.1) is 41.7 Å². The molecule has 0 rings (SSSR count). The molecule has 6 nitrogen and oxygen atoms in total. The van der Waals surface area contributed by atoms with E-state index in [1.54, 1.807) is 0 Å². The molecule has 60 valence electrons. The Morgan fingerprint density at radius 1 is 0.375 bits per heavy atom. The minimum atomic E-state index is 0. The first-order valence-electron chi connectivity index (χ1n) is 0. The summed E-state index contributed by atoms with van der Waals surface area (Å²) in [5.41, 5.74) is 0. The molecular weight excluding hydrogens is 272 g/mol. The molecule has 0 atom stereocenters. The van der Waals surface area contributed by atoms with E-state index in [0.29, 0.717) is 0 Å². The zero-order chi connectivity index (χ0) is 0. The van der Waals surface area contributed by atoms with E-state index in [2.05, 4.69) is 0 Å². The molecule has 0 saturated carbocycles. The molecule has 0 aromatic carbocycles. The summed E-state index contributed by atoms with van der Waals surface area (Å²) in [6.07, 6.45) is 0. The zero-order valence-electron chi connectivity index (χ0n) is 3.91. The maximum absolute atomic E-state index is 0. The van der Waals surface area contributed by atoms with Crippen LogP contribution in [0.3, 0.4) is 0 Å². The number of hydrogen-bond acceptors (Lipinski definition) is 0. The fraction of sp³-hybridized carbons (Fsp3) is 0. The average molecular weight is 285 g/mol. The van der Waals surface area contributed by atoms with Crippen molar-refractivity contribution in [3.05, 3.63) is 0 Å². The Hall–Kier alpha value is 1.43. The van der Waals surface area contributed by atoms with Crippen LogP contribution in [0.4, 0.5) is 0 Å². The second-order valence-electron chi connectivity index (χ2n) is 0. The minimum Gasteiger partial charge on any atom is -0.412 e. The van der Waals surface area contributed by atoms with Crippen molar-refractivity contribution in [3.8, 4) is 0 Å². The van der Waals surface area contributed by atoms with Gasteiger partial charge in [-0.15, -0.1) is 12.4 Å².